The fourth-order valence-electron chi connectivity index (χ4n) is 3.36. The number of hydrogen-bond acceptors (Lipinski definition) is 3. The molecule has 1 heterocycles. The molecule has 2 atom stereocenters. The highest BCUT2D eigenvalue weighted by Gasteiger charge is 2.32. The number of nitrogens with one attached hydrogen (secondary N) is 1. The minimum atomic E-state index is 0.0279. The van der Waals surface area contributed by atoms with Crippen LogP contribution in [0.1, 0.15) is 26.2 Å². The normalized spacial score (nSPS) is 21.8. The number of nitrogens with two attached hydrogens (primary N) is 1. The first-order chi connectivity index (χ1) is 10.2. The largest absolute Gasteiger partial charge is 0.330 e. The van der Waals surface area contributed by atoms with Crippen LogP contribution in [0.4, 0.5) is 5.95 Å². The Labute approximate surface area is 124 Å². The minimum absolute atomic E-state index is 0.0279. The Kier molecular flexibility index (Phi) is 3.92. The van der Waals surface area contributed by atoms with E-state index in [1.54, 1.807) is 0 Å². The minimum Gasteiger partial charge on any atom is -0.330 e. The summed E-state index contributed by atoms with van der Waals surface area (Å²) in [5, 5.41) is 3.01. The number of nitrogens with zero attached hydrogens (tertiary/aromatic N) is 2. The van der Waals surface area contributed by atoms with Crippen LogP contribution >= 0.6 is 0 Å². The van der Waals surface area contributed by atoms with Crippen molar-refractivity contribution in [3.63, 3.8) is 0 Å². The van der Waals surface area contributed by atoms with Gasteiger partial charge < -0.3 is 10.3 Å². The number of carbonyl (C=O) groups is 1. The van der Waals surface area contributed by atoms with Gasteiger partial charge in [0.2, 0.25) is 11.9 Å². The van der Waals surface area contributed by atoms with Gasteiger partial charge in [0.25, 0.3) is 0 Å². The van der Waals surface area contributed by atoms with E-state index < -0.39 is 0 Å². The molecule has 0 unspecified atom stereocenters. The van der Waals surface area contributed by atoms with E-state index in [4.69, 9.17) is 5.73 Å². The summed E-state index contributed by atoms with van der Waals surface area (Å²) < 4.78 is 2.04. The van der Waals surface area contributed by atoms with E-state index in [0.29, 0.717) is 18.4 Å². The highest BCUT2D eigenvalue weighted by atomic mass is 16.2. The summed E-state index contributed by atoms with van der Waals surface area (Å²) >= 11 is 0. The fraction of sp³-hybridized carbons (Fsp3) is 0.500. The lowest BCUT2D eigenvalue weighted by molar-refractivity contribution is -0.120. The van der Waals surface area contributed by atoms with Crippen molar-refractivity contribution in [3.8, 4) is 0 Å². The smallest absolute Gasteiger partial charge is 0.230 e. The average molecular weight is 286 g/mol. The number of para-hydroxylation sites is 2. The van der Waals surface area contributed by atoms with Crippen LogP contribution in [0.2, 0.25) is 0 Å². The van der Waals surface area contributed by atoms with Crippen molar-refractivity contribution < 1.29 is 4.79 Å². The number of hydrogen-bond donors (Lipinski definition) is 2. The lowest BCUT2D eigenvalue weighted by Gasteiger charge is -2.17. The van der Waals surface area contributed by atoms with E-state index in [-0.39, 0.29) is 11.8 Å². The number of carbonyl (C=O) groups excluding carboxylic acids is 1. The highest BCUT2D eigenvalue weighted by Crippen LogP contribution is 2.32. The van der Waals surface area contributed by atoms with Crippen molar-refractivity contribution in [2.45, 2.75) is 32.7 Å². The molecule has 1 saturated carbocycles. The molecule has 3 N–H and O–H groups in total. The molecule has 5 heteroatoms. The Morgan fingerprint density at radius 2 is 2.24 bits per heavy atom. The summed E-state index contributed by atoms with van der Waals surface area (Å²) in [4.78, 5) is 17.1. The van der Waals surface area contributed by atoms with Crippen molar-refractivity contribution in [1.82, 2.24) is 9.55 Å². The molecule has 0 bridgehead atoms. The number of rotatable bonds is 4. The molecule has 1 fully saturated rings. The Morgan fingerprint density at radius 1 is 1.43 bits per heavy atom. The average Bonchev–Trinajstić information content (AvgIpc) is 3.10. The van der Waals surface area contributed by atoms with Gasteiger partial charge in [0.15, 0.2) is 0 Å². The first kappa shape index (κ1) is 14.1. The van der Waals surface area contributed by atoms with Gasteiger partial charge in [-0.25, -0.2) is 4.98 Å². The van der Waals surface area contributed by atoms with Crippen LogP contribution in [0.25, 0.3) is 11.0 Å². The lowest BCUT2D eigenvalue weighted by atomic mass is 9.95. The first-order valence-electron chi connectivity index (χ1n) is 7.70. The molecular weight excluding hydrogens is 264 g/mol. The number of aromatic nitrogens is 2. The van der Waals surface area contributed by atoms with Crippen LogP contribution in [-0.4, -0.2) is 22.0 Å². The number of benzene rings is 1. The molecule has 1 aliphatic carbocycles. The monoisotopic (exact) mass is 286 g/mol. The standard InChI is InChI=1S/C16H22N4O/c1-2-20-14-9-4-3-8-13(14)18-16(20)19-15(21)12-7-5-6-11(12)10-17/h3-4,8-9,11-12H,2,5-7,10,17H2,1H3,(H,18,19,21)/t11-,12-/m1/s1. The second-order valence-corrected chi connectivity index (χ2v) is 5.69. The summed E-state index contributed by atoms with van der Waals surface area (Å²) in [6.07, 6.45) is 3.07. The summed E-state index contributed by atoms with van der Waals surface area (Å²) in [6.45, 7) is 3.42. The van der Waals surface area contributed by atoms with Gasteiger partial charge in [-0.1, -0.05) is 18.6 Å². The lowest BCUT2D eigenvalue weighted by Crippen LogP contribution is -2.30. The van der Waals surface area contributed by atoms with Crippen LogP contribution in [0.5, 0.6) is 0 Å². The zero-order valence-electron chi connectivity index (χ0n) is 12.4. The van der Waals surface area contributed by atoms with Gasteiger partial charge in [-0.3, -0.25) is 10.1 Å². The summed E-state index contributed by atoms with van der Waals surface area (Å²) in [7, 11) is 0. The summed E-state index contributed by atoms with van der Waals surface area (Å²) in [5.74, 6) is 1.05. The van der Waals surface area contributed by atoms with Crippen LogP contribution in [0, 0.1) is 11.8 Å². The summed E-state index contributed by atoms with van der Waals surface area (Å²) in [6, 6.07) is 7.95. The molecule has 3 rings (SSSR count). The Bertz CT molecular complexity index is 649. The van der Waals surface area contributed by atoms with E-state index in [9.17, 15) is 4.79 Å². The number of fused-ring (bicyclic) bond motifs is 1. The van der Waals surface area contributed by atoms with E-state index in [1.807, 2.05) is 28.8 Å². The van der Waals surface area contributed by atoms with Gasteiger partial charge in [-0.15, -0.1) is 0 Å². The van der Waals surface area contributed by atoms with Gasteiger partial charge in [0.1, 0.15) is 0 Å². The van der Waals surface area contributed by atoms with Gasteiger partial charge in [-0.05, 0) is 44.4 Å². The summed E-state index contributed by atoms with van der Waals surface area (Å²) in [5.41, 5.74) is 7.74. The van der Waals surface area contributed by atoms with Crippen LogP contribution in [0.15, 0.2) is 24.3 Å². The molecule has 1 aliphatic rings. The van der Waals surface area contributed by atoms with Gasteiger partial charge in [0, 0.05) is 12.5 Å². The highest BCUT2D eigenvalue weighted by molar-refractivity contribution is 5.93. The SMILES string of the molecule is CCn1c(NC(=O)[C@@H]2CCC[C@@H]2CN)nc2ccccc21. The second kappa shape index (κ2) is 5.85. The van der Waals surface area contributed by atoms with Crippen LogP contribution in [0.3, 0.4) is 0 Å². The Balaban J connectivity index is 1.86. The van der Waals surface area contributed by atoms with E-state index in [2.05, 4.69) is 17.2 Å². The Hall–Kier alpha value is -1.88. The van der Waals surface area contributed by atoms with Gasteiger partial charge in [-0.2, -0.15) is 0 Å². The number of imidazole rings is 1. The molecule has 1 aromatic heterocycles. The van der Waals surface area contributed by atoms with Crippen LogP contribution < -0.4 is 11.1 Å². The number of amides is 1. The predicted octanol–water partition coefficient (Wildman–Crippen LogP) is 2.37. The molecule has 112 valence electrons. The molecule has 1 aromatic carbocycles. The molecular formula is C16H22N4O. The maximum Gasteiger partial charge on any atom is 0.230 e. The third-order valence-corrected chi connectivity index (χ3v) is 4.50. The molecule has 0 saturated heterocycles. The molecule has 0 aliphatic heterocycles. The maximum atomic E-state index is 12.5. The number of aryl methyl sites for hydroxylation is 1. The van der Waals surface area contributed by atoms with E-state index >= 15 is 0 Å². The van der Waals surface area contributed by atoms with E-state index in [0.717, 1.165) is 36.8 Å². The zero-order valence-corrected chi connectivity index (χ0v) is 12.4. The molecule has 0 spiro atoms. The second-order valence-electron chi connectivity index (χ2n) is 5.69. The van der Waals surface area contributed by atoms with Crippen molar-refractivity contribution >= 4 is 22.9 Å². The molecule has 0 radical (unpaired) electrons. The first-order valence-corrected chi connectivity index (χ1v) is 7.70. The third kappa shape index (κ3) is 2.53. The predicted molar refractivity (Wildman–Crippen MR) is 83.9 cm³/mol. The third-order valence-electron chi connectivity index (χ3n) is 4.50. The number of anilines is 1. The quantitative estimate of drug-likeness (QED) is 0.906. The Morgan fingerprint density at radius 3 is 3.00 bits per heavy atom. The van der Waals surface area contributed by atoms with Crippen molar-refractivity contribution in [1.29, 1.82) is 0 Å². The van der Waals surface area contributed by atoms with Gasteiger partial charge in [0.05, 0.1) is 11.0 Å². The van der Waals surface area contributed by atoms with Crippen molar-refractivity contribution in [2.24, 2.45) is 17.6 Å². The van der Waals surface area contributed by atoms with Gasteiger partial charge >= 0.3 is 0 Å². The maximum absolute atomic E-state index is 12.5. The van der Waals surface area contributed by atoms with Crippen molar-refractivity contribution in [3.05, 3.63) is 24.3 Å². The van der Waals surface area contributed by atoms with Crippen molar-refractivity contribution in [2.75, 3.05) is 11.9 Å². The zero-order chi connectivity index (χ0) is 14.8. The molecule has 2 aromatic rings. The van der Waals surface area contributed by atoms with E-state index in [1.165, 1.54) is 0 Å². The molecule has 5 nitrogen and oxygen atoms in total. The molecule has 1 amide bonds. The van der Waals surface area contributed by atoms with Crippen LogP contribution in [-0.2, 0) is 11.3 Å². The fourth-order valence-corrected chi connectivity index (χ4v) is 3.36. The molecule has 21 heavy (non-hydrogen) atoms. The topological polar surface area (TPSA) is 72.9 Å².